The van der Waals surface area contributed by atoms with Crippen LogP contribution < -0.4 is 0 Å². The minimum absolute atomic E-state index is 0.0507. The molecule has 0 spiro atoms. The highest BCUT2D eigenvalue weighted by Crippen LogP contribution is 2.30. The summed E-state index contributed by atoms with van der Waals surface area (Å²) in [5.41, 5.74) is 3.15. The van der Waals surface area contributed by atoms with E-state index in [1.165, 1.54) is 18.2 Å². The molecule has 0 saturated heterocycles. The minimum atomic E-state index is -0.319. The van der Waals surface area contributed by atoms with Crippen LogP contribution in [0.3, 0.4) is 0 Å². The van der Waals surface area contributed by atoms with Gasteiger partial charge in [-0.25, -0.2) is 4.39 Å². The highest BCUT2D eigenvalue weighted by molar-refractivity contribution is 5.43. The Morgan fingerprint density at radius 1 is 1.42 bits per heavy atom. The Hall–Kier alpha value is -2.15. The molecule has 19 heavy (non-hydrogen) atoms. The molecule has 0 radical (unpaired) electrons. The molecule has 1 atom stereocenters. The number of hydrogen-bond donors (Lipinski definition) is 0. The van der Waals surface area contributed by atoms with Crippen LogP contribution in [-0.2, 0) is 7.05 Å². The van der Waals surface area contributed by atoms with E-state index in [1.807, 2.05) is 27.0 Å². The van der Waals surface area contributed by atoms with Crippen LogP contribution in [0.5, 0.6) is 0 Å². The Bertz CT molecular complexity index is 618. The Balaban J connectivity index is 2.54. The molecule has 0 saturated carbocycles. The fourth-order valence-corrected chi connectivity index (χ4v) is 2.27. The van der Waals surface area contributed by atoms with Gasteiger partial charge >= 0.3 is 0 Å². The van der Waals surface area contributed by atoms with Crippen LogP contribution in [0.4, 0.5) is 4.39 Å². The van der Waals surface area contributed by atoms with E-state index in [2.05, 4.69) is 11.2 Å². The van der Waals surface area contributed by atoms with Crippen LogP contribution in [-0.4, -0.2) is 9.78 Å². The Labute approximate surface area is 112 Å². The monoisotopic (exact) mass is 257 g/mol. The fourth-order valence-electron chi connectivity index (χ4n) is 2.27. The van der Waals surface area contributed by atoms with Gasteiger partial charge in [0.05, 0.1) is 17.3 Å². The van der Waals surface area contributed by atoms with Crippen molar-refractivity contribution < 1.29 is 4.39 Å². The molecule has 0 aliphatic carbocycles. The lowest BCUT2D eigenvalue weighted by molar-refractivity contribution is 0.619. The van der Waals surface area contributed by atoms with Crippen molar-refractivity contribution in [2.75, 3.05) is 0 Å². The van der Waals surface area contributed by atoms with Gasteiger partial charge in [-0.2, -0.15) is 10.4 Å². The van der Waals surface area contributed by atoms with E-state index in [9.17, 15) is 4.39 Å². The smallest absolute Gasteiger partial charge is 0.123 e. The molecule has 2 aromatic rings. The van der Waals surface area contributed by atoms with E-state index in [1.54, 1.807) is 4.68 Å². The van der Waals surface area contributed by atoms with Crippen LogP contribution in [0.25, 0.3) is 0 Å². The number of nitriles is 1. The number of halogens is 1. The lowest BCUT2D eigenvalue weighted by Gasteiger charge is -2.14. The Morgan fingerprint density at radius 2 is 2.16 bits per heavy atom. The van der Waals surface area contributed by atoms with Crippen molar-refractivity contribution in [2.45, 2.75) is 26.2 Å². The van der Waals surface area contributed by atoms with Gasteiger partial charge in [0.25, 0.3) is 0 Å². The molecule has 4 heteroatoms. The average molecular weight is 257 g/mol. The fraction of sp³-hybridized carbons (Fsp3) is 0.333. The molecule has 0 aliphatic heterocycles. The second kappa shape index (κ2) is 5.23. The summed E-state index contributed by atoms with van der Waals surface area (Å²) in [6.07, 6.45) is 0.772. The van der Waals surface area contributed by atoms with E-state index in [-0.39, 0.29) is 11.7 Å². The van der Waals surface area contributed by atoms with Crippen molar-refractivity contribution in [3.05, 3.63) is 52.6 Å². The van der Waals surface area contributed by atoms with Crippen molar-refractivity contribution in [2.24, 2.45) is 7.05 Å². The maximum atomic E-state index is 13.4. The number of rotatable bonds is 3. The summed E-state index contributed by atoms with van der Waals surface area (Å²) in [7, 11) is 1.88. The Kier molecular flexibility index (Phi) is 3.66. The molecule has 0 unspecified atom stereocenters. The maximum absolute atomic E-state index is 13.4. The van der Waals surface area contributed by atoms with Gasteiger partial charge in [0, 0.05) is 18.7 Å². The summed E-state index contributed by atoms with van der Waals surface area (Å²) < 4.78 is 15.2. The second-order valence-corrected chi connectivity index (χ2v) is 4.64. The first kappa shape index (κ1) is 13.3. The molecule has 2 rings (SSSR count). The van der Waals surface area contributed by atoms with Gasteiger partial charge < -0.3 is 0 Å². The summed E-state index contributed by atoms with van der Waals surface area (Å²) in [6, 6.07) is 8.40. The van der Waals surface area contributed by atoms with Gasteiger partial charge in [0.1, 0.15) is 5.82 Å². The van der Waals surface area contributed by atoms with Gasteiger partial charge in [0.2, 0.25) is 0 Å². The van der Waals surface area contributed by atoms with Crippen molar-refractivity contribution in [3.63, 3.8) is 0 Å². The molecule has 1 heterocycles. The van der Waals surface area contributed by atoms with Crippen LogP contribution in [0, 0.1) is 24.1 Å². The Morgan fingerprint density at radius 3 is 2.68 bits per heavy atom. The molecular weight excluding hydrogens is 241 g/mol. The lowest BCUT2D eigenvalue weighted by atomic mass is 9.89. The number of nitrogens with zero attached hydrogens (tertiary/aromatic N) is 3. The zero-order chi connectivity index (χ0) is 14.0. The van der Waals surface area contributed by atoms with Crippen LogP contribution in [0.2, 0.25) is 0 Å². The first-order chi connectivity index (χ1) is 9.06. The minimum Gasteiger partial charge on any atom is -0.273 e. The third kappa shape index (κ3) is 2.50. The van der Waals surface area contributed by atoms with Crippen LogP contribution in [0.1, 0.15) is 41.8 Å². The molecule has 98 valence electrons. The molecule has 1 aromatic carbocycles. The van der Waals surface area contributed by atoms with Crippen molar-refractivity contribution in [3.8, 4) is 6.07 Å². The van der Waals surface area contributed by atoms with Gasteiger partial charge in [-0.05, 0) is 43.2 Å². The first-order valence-corrected chi connectivity index (χ1v) is 6.27. The molecule has 0 fully saturated rings. The molecule has 3 nitrogen and oxygen atoms in total. The molecule has 0 amide bonds. The predicted octanol–water partition coefficient (Wildman–Crippen LogP) is 3.28. The van der Waals surface area contributed by atoms with Gasteiger partial charge in [-0.15, -0.1) is 0 Å². The topological polar surface area (TPSA) is 41.6 Å². The zero-order valence-corrected chi connectivity index (χ0v) is 11.3. The predicted molar refractivity (Wildman–Crippen MR) is 71.2 cm³/mol. The van der Waals surface area contributed by atoms with Gasteiger partial charge in [0.15, 0.2) is 0 Å². The first-order valence-electron chi connectivity index (χ1n) is 6.27. The quantitative estimate of drug-likeness (QED) is 0.846. The molecular formula is C15H16FN3. The third-order valence-corrected chi connectivity index (χ3v) is 3.41. The summed E-state index contributed by atoms with van der Waals surface area (Å²) in [5.74, 6) is -0.370. The summed E-state index contributed by atoms with van der Waals surface area (Å²) in [4.78, 5) is 0. The molecule has 0 aliphatic rings. The van der Waals surface area contributed by atoms with Crippen molar-refractivity contribution in [1.82, 2.24) is 9.78 Å². The largest absolute Gasteiger partial charge is 0.273 e. The number of benzene rings is 1. The second-order valence-electron chi connectivity index (χ2n) is 4.64. The normalized spacial score (nSPS) is 12.2. The number of aromatic nitrogens is 2. The van der Waals surface area contributed by atoms with Crippen molar-refractivity contribution >= 4 is 0 Å². The zero-order valence-electron chi connectivity index (χ0n) is 11.3. The number of hydrogen-bond acceptors (Lipinski definition) is 2. The summed E-state index contributed by atoms with van der Waals surface area (Å²) >= 11 is 0. The standard InChI is InChI=1S/C15H16FN3/c1-4-13(15-7-10(2)19(3)18-15)14-8-12(16)6-5-11(14)9-17/h5-8,13H,4H2,1-3H3/t13-/m1/s1. The molecule has 0 N–H and O–H groups in total. The highest BCUT2D eigenvalue weighted by Gasteiger charge is 2.19. The van der Waals surface area contributed by atoms with Crippen LogP contribution in [0.15, 0.2) is 24.3 Å². The maximum Gasteiger partial charge on any atom is 0.123 e. The SMILES string of the molecule is CC[C@@H](c1cc(C)n(C)n1)c1cc(F)ccc1C#N. The van der Waals surface area contributed by atoms with E-state index in [0.717, 1.165) is 17.8 Å². The molecule has 1 aromatic heterocycles. The van der Waals surface area contributed by atoms with Gasteiger partial charge in [-0.1, -0.05) is 6.92 Å². The molecule has 0 bridgehead atoms. The average Bonchev–Trinajstić information content (AvgIpc) is 2.70. The lowest BCUT2D eigenvalue weighted by Crippen LogP contribution is -2.05. The van der Waals surface area contributed by atoms with E-state index in [0.29, 0.717) is 11.1 Å². The van der Waals surface area contributed by atoms with E-state index < -0.39 is 0 Å². The van der Waals surface area contributed by atoms with Gasteiger partial charge in [-0.3, -0.25) is 4.68 Å². The van der Waals surface area contributed by atoms with E-state index >= 15 is 0 Å². The number of aryl methyl sites for hydroxylation is 2. The summed E-state index contributed by atoms with van der Waals surface area (Å²) in [6.45, 7) is 3.99. The van der Waals surface area contributed by atoms with Crippen LogP contribution >= 0.6 is 0 Å². The third-order valence-electron chi connectivity index (χ3n) is 3.41. The van der Waals surface area contributed by atoms with Crippen molar-refractivity contribution in [1.29, 1.82) is 5.26 Å². The van der Waals surface area contributed by atoms with E-state index in [4.69, 9.17) is 5.26 Å². The summed E-state index contributed by atoms with van der Waals surface area (Å²) in [5, 5.41) is 13.6. The highest BCUT2D eigenvalue weighted by atomic mass is 19.1.